The second-order valence-corrected chi connectivity index (χ2v) is 21.4. The van der Waals surface area contributed by atoms with Crippen LogP contribution in [0.5, 0.6) is 0 Å². The fraction of sp³-hybridized carbons (Fsp3) is 0. The maximum atomic E-state index is 6.03. The van der Waals surface area contributed by atoms with Gasteiger partial charge in [-0.15, -0.1) is 0 Å². The van der Waals surface area contributed by atoms with Gasteiger partial charge in [0.05, 0.1) is 39.3 Å². The van der Waals surface area contributed by atoms with Gasteiger partial charge in [-0.1, -0.05) is 243 Å². The normalized spacial score (nSPS) is 11.5. The van der Waals surface area contributed by atoms with Gasteiger partial charge in [0.1, 0.15) is 0 Å². The van der Waals surface area contributed by atoms with E-state index in [9.17, 15) is 0 Å². The number of benzene rings is 12. The Morgan fingerprint density at radius 3 is 1.20 bits per heavy atom. The number of hydrogen-bond acceptors (Lipinski definition) is 4. The van der Waals surface area contributed by atoms with Crippen molar-refractivity contribution >= 4 is 76.8 Å². The van der Waals surface area contributed by atoms with Gasteiger partial charge in [-0.05, 0) is 103 Å². The summed E-state index contributed by atoms with van der Waals surface area (Å²) in [5.41, 5.74) is 23.0. The van der Waals surface area contributed by atoms with Crippen molar-refractivity contribution in [1.29, 1.82) is 0 Å². The van der Waals surface area contributed by atoms with Gasteiger partial charge >= 0.3 is 0 Å². The number of nitrogens with one attached hydrogen (secondary N) is 1. The third kappa shape index (κ3) is 8.32. The molecule has 84 heavy (non-hydrogen) atoms. The molecule has 0 radical (unpaired) electrons. The highest BCUT2D eigenvalue weighted by Gasteiger charge is 2.27. The van der Waals surface area contributed by atoms with E-state index < -0.39 is 0 Å². The summed E-state index contributed by atoms with van der Waals surface area (Å²) >= 11 is 6.03. The SMILES string of the molecule is Clc1nc(-c2ccccc2)cc(-c2ccccc2)n1.F.c1ccc(-c2cc(-c3ccccc3)nc(-n3c4ccccc4c4cc5c6c(cccc6c43)-c3ccccc3-5)n2)cc1.c1ccc2c(c1)-c1cccc3c1c-2cc1c2ccccc2[nH]c31. The minimum Gasteiger partial charge on any atom is -0.354 e. The number of fused-ring (bicyclic) bond motifs is 14. The van der Waals surface area contributed by atoms with Crippen LogP contribution in [-0.4, -0.2) is 29.5 Å². The molecule has 8 heteroatoms. The zero-order valence-electron chi connectivity index (χ0n) is 45.1. The van der Waals surface area contributed by atoms with Crippen molar-refractivity contribution in [2.45, 2.75) is 0 Å². The number of H-pyrrole nitrogens is 1. The number of aromatic amines is 1. The molecular weight excluding hydrogens is 1050 g/mol. The third-order valence-corrected chi connectivity index (χ3v) is 16.5. The standard InChI is InChI=1S/C38H23N3.C22H13N.C16H11ClN2.FH/c1-3-12-24(13-4-1)33-23-34(25-14-5-2-6-15-25)40-38(39-33)41-35-21-10-9-18-28(35)32-22-31-27-17-8-7-16-26(27)29-19-11-20-30(36(29)31)37(32)41;1-2-7-14-13(6-1)16-9-5-10-17-21(16)18(14)12-19-15-8-3-4-11-20(15)23-22(17)19;17-16-18-14(12-7-3-1-4-8-12)11-15(19-16)13-9-5-2-6-10-13;/h1-23H;1-12,23H;1-11H;1H. The smallest absolute Gasteiger partial charge is 0.235 e. The summed E-state index contributed by atoms with van der Waals surface area (Å²) in [6, 6.07) is 97.5. The molecule has 4 heterocycles. The predicted molar refractivity (Wildman–Crippen MR) is 347 cm³/mol. The molecule has 0 aliphatic heterocycles. The Labute approximate surface area is 488 Å². The van der Waals surface area contributed by atoms with E-state index in [1.54, 1.807) is 0 Å². The lowest BCUT2D eigenvalue weighted by Gasteiger charge is -2.13. The number of halogens is 2. The van der Waals surface area contributed by atoms with E-state index in [0.717, 1.165) is 56.1 Å². The molecule has 18 rings (SSSR count). The molecule has 0 bridgehead atoms. The number of aromatic nitrogens is 6. The lowest BCUT2D eigenvalue weighted by Crippen LogP contribution is -2.04. The molecule has 0 amide bonds. The molecule has 396 valence electrons. The summed E-state index contributed by atoms with van der Waals surface area (Å²) in [6.07, 6.45) is 0. The molecular formula is C76H48ClFN6. The van der Waals surface area contributed by atoms with Gasteiger partial charge in [-0.3, -0.25) is 9.27 Å². The summed E-state index contributed by atoms with van der Waals surface area (Å²) < 4.78 is 2.27. The second kappa shape index (κ2) is 20.6. The highest BCUT2D eigenvalue weighted by atomic mass is 35.5. The van der Waals surface area contributed by atoms with Crippen molar-refractivity contribution in [3.05, 3.63) is 284 Å². The molecule has 0 saturated heterocycles. The van der Waals surface area contributed by atoms with Crippen LogP contribution in [0.3, 0.4) is 0 Å². The summed E-state index contributed by atoms with van der Waals surface area (Å²) in [5, 5.41) is 10.5. The highest BCUT2D eigenvalue weighted by molar-refractivity contribution is 6.29. The molecule has 2 aliphatic carbocycles. The van der Waals surface area contributed by atoms with Crippen LogP contribution in [0.25, 0.3) is 161 Å². The van der Waals surface area contributed by atoms with Crippen LogP contribution in [0.15, 0.2) is 279 Å². The van der Waals surface area contributed by atoms with Crippen LogP contribution in [0.2, 0.25) is 5.28 Å². The monoisotopic (exact) mass is 1100 g/mol. The molecule has 12 aromatic carbocycles. The first-order valence-corrected chi connectivity index (χ1v) is 28.3. The van der Waals surface area contributed by atoms with E-state index in [1.807, 2.05) is 78.9 Å². The summed E-state index contributed by atoms with van der Waals surface area (Å²) in [6.45, 7) is 0. The minimum absolute atomic E-state index is 0. The number of rotatable bonds is 5. The Kier molecular flexibility index (Phi) is 12.3. The Balaban J connectivity index is 0.000000118. The van der Waals surface area contributed by atoms with Crippen LogP contribution in [0, 0.1) is 0 Å². The lowest BCUT2D eigenvalue weighted by molar-refractivity contribution is 0.998. The van der Waals surface area contributed by atoms with Gasteiger partial charge < -0.3 is 4.98 Å². The van der Waals surface area contributed by atoms with Gasteiger partial charge in [0.15, 0.2) is 0 Å². The minimum atomic E-state index is 0. The molecule has 2 aliphatic rings. The first kappa shape index (κ1) is 50.1. The van der Waals surface area contributed by atoms with Crippen LogP contribution in [-0.2, 0) is 0 Å². The van der Waals surface area contributed by atoms with Crippen molar-refractivity contribution < 1.29 is 4.70 Å². The van der Waals surface area contributed by atoms with E-state index in [0.29, 0.717) is 5.95 Å². The molecule has 0 atom stereocenters. The van der Waals surface area contributed by atoms with Crippen molar-refractivity contribution in [2.75, 3.05) is 0 Å². The molecule has 4 aromatic heterocycles. The van der Waals surface area contributed by atoms with Gasteiger partial charge in [-0.2, -0.15) is 0 Å². The molecule has 0 unspecified atom stereocenters. The van der Waals surface area contributed by atoms with Gasteiger partial charge in [0.25, 0.3) is 0 Å². The van der Waals surface area contributed by atoms with Gasteiger partial charge in [0, 0.05) is 60.1 Å². The number of para-hydroxylation sites is 2. The van der Waals surface area contributed by atoms with E-state index in [2.05, 4.69) is 220 Å². The van der Waals surface area contributed by atoms with Crippen molar-refractivity contribution in [2.24, 2.45) is 0 Å². The molecule has 1 N–H and O–H groups in total. The second-order valence-electron chi connectivity index (χ2n) is 21.0. The number of nitrogens with zero attached hydrogens (tertiary/aromatic N) is 5. The highest BCUT2D eigenvalue weighted by Crippen LogP contribution is 2.52. The Bertz CT molecular complexity index is 5100. The van der Waals surface area contributed by atoms with Crippen molar-refractivity contribution in [3.63, 3.8) is 0 Å². The van der Waals surface area contributed by atoms with Crippen molar-refractivity contribution in [3.8, 4) is 95.5 Å². The Hall–Kier alpha value is -10.9. The fourth-order valence-corrected chi connectivity index (χ4v) is 12.9. The van der Waals surface area contributed by atoms with Crippen LogP contribution >= 0.6 is 11.6 Å². The molecule has 0 spiro atoms. The quantitative estimate of drug-likeness (QED) is 0.174. The molecule has 0 saturated carbocycles. The average molecular weight is 1100 g/mol. The summed E-state index contributed by atoms with van der Waals surface area (Å²) in [7, 11) is 0. The van der Waals surface area contributed by atoms with E-state index in [1.165, 1.54) is 98.6 Å². The zero-order valence-corrected chi connectivity index (χ0v) is 45.8. The predicted octanol–water partition coefficient (Wildman–Crippen LogP) is 20.4. The van der Waals surface area contributed by atoms with Crippen LogP contribution in [0.1, 0.15) is 0 Å². The average Bonchev–Trinajstić information content (AvgIpc) is 1.69. The van der Waals surface area contributed by atoms with Gasteiger partial charge in [-0.25, -0.2) is 19.9 Å². The maximum Gasteiger partial charge on any atom is 0.235 e. The summed E-state index contributed by atoms with van der Waals surface area (Å²) in [4.78, 5) is 22.7. The largest absolute Gasteiger partial charge is 0.354 e. The zero-order chi connectivity index (χ0) is 55.0. The maximum absolute atomic E-state index is 6.03. The van der Waals surface area contributed by atoms with E-state index >= 15 is 0 Å². The first-order chi connectivity index (χ1) is 41.1. The van der Waals surface area contributed by atoms with Crippen LogP contribution < -0.4 is 0 Å². The molecule has 6 nitrogen and oxygen atoms in total. The fourth-order valence-electron chi connectivity index (χ4n) is 12.7. The number of hydrogen-bond donors (Lipinski definition) is 1. The van der Waals surface area contributed by atoms with Gasteiger partial charge in [0.2, 0.25) is 11.2 Å². The first-order valence-electron chi connectivity index (χ1n) is 27.9. The summed E-state index contributed by atoms with van der Waals surface area (Å²) in [5.74, 6) is 0.674. The lowest BCUT2D eigenvalue weighted by atomic mass is 9.99. The van der Waals surface area contributed by atoms with Crippen molar-refractivity contribution in [1.82, 2.24) is 29.5 Å². The Morgan fingerprint density at radius 1 is 0.298 bits per heavy atom. The Morgan fingerprint density at radius 2 is 0.679 bits per heavy atom. The third-order valence-electron chi connectivity index (χ3n) is 16.3. The molecule has 0 fully saturated rings. The molecule has 16 aromatic rings. The van der Waals surface area contributed by atoms with E-state index in [4.69, 9.17) is 21.6 Å². The van der Waals surface area contributed by atoms with E-state index in [-0.39, 0.29) is 9.99 Å². The topological polar surface area (TPSA) is 72.3 Å². The van der Waals surface area contributed by atoms with Crippen LogP contribution in [0.4, 0.5) is 4.70 Å².